The second kappa shape index (κ2) is 14.4. The summed E-state index contributed by atoms with van der Waals surface area (Å²) in [6.45, 7) is 10.9. The van der Waals surface area contributed by atoms with Gasteiger partial charge in [0.25, 0.3) is 0 Å². The first-order chi connectivity index (χ1) is 13.2. The number of hydrogen-bond donors (Lipinski definition) is 2. The van der Waals surface area contributed by atoms with Crippen molar-refractivity contribution in [2.45, 2.75) is 40.3 Å². The maximum Gasteiger partial charge on any atom is 0.191 e. The van der Waals surface area contributed by atoms with Crippen molar-refractivity contribution >= 4 is 29.9 Å². The van der Waals surface area contributed by atoms with Crippen molar-refractivity contribution in [2.75, 3.05) is 26.3 Å². The molecule has 0 fully saturated rings. The lowest BCUT2D eigenvalue weighted by Crippen LogP contribution is -2.39. The van der Waals surface area contributed by atoms with Crippen LogP contribution in [0, 0.1) is 5.92 Å². The van der Waals surface area contributed by atoms with E-state index in [4.69, 9.17) is 4.74 Å². The van der Waals surface area contributed by atoms with Gasteiger partial charge in [0.2, 0.25) is 0 Å². The maximum atomic E-state index is 5.65. The Morgan fingerprint density at radius 2 is 1.96 bits per heavy atom. The molecule has 0 bridgehead atoms. The van der Waals surface area contributed by atoms with Gasteiger partial charge in [0, 0.05) is 38.6 Å². The lowest BCUT2D eigenvalue weighted by Gasteiger charge is -2.12. The van der Waals surface area contributed by atoms with Crippen molar-refractivity contribution in [3.05, 3.63) is 54.1 Å². The van der Waals surface area contributed by atoms with Crippen LogP contribution in [0.1, 0.15) is 38.6 Å². The summed E-state index contributed by atoms with van der Waals surface area (Å²) in [4.78, 5) is 9.12. The highest BCUT2D eigenvalue weighted by atomic mass is 127. The first-order valence-corrected chi connectivity index (χ1v) is 9.83. The number of benzene rings is 1. The van der Waals surface area contributed by atoms with E-state index >= 15 is 0 Å². The molecule has 2 rings (SSSR count). The summed E-state index contributed by atoms with van der Waals surface area (Å²) in [7, 11) is 0. The number of rotatable bonds is 11. The fraction of sp³-hybridized carbons (Fsp3) is 0.524. The molecule has 156 valence electrons. The minimum absolute atomic E-state index is 0. The molecule has 28 heavy (non-hydrogen) atoms. The molecule has 0 amide bonds. The molecule has 0 saturated heterocycles. The average molecular weight is 499 g/mol. The van der Waals surface area contributed by atoms with Crippen LogP contribution in [0.3, 0.4) is 0 Å². The van der Waals surface area contributed by atoms with E-state index in [2.05, 4.69) is 70.2 Å². The van der Waals surface area contributed by atoms with Gasteiger partial charge in [0.15, 0.2) is 5.96 Å². The second-order valence-electron chi connectivity index (χ2n) is 6.87. The van der Waals surface area contributed by atoms with E-state index in [1.165, 1.54) is 5.56 Å². The third-order valence-corrected chi connectivity index (χ3v) is 4.10. The van der Waals surface area contributed by atoms with E-state index in [0.717, 1.165) is 44.4 Å². The number of hydrogen-bond acceptors (Lipinski definition) is 3. The summed E-state index contributed by atoms with van der Waals surface area (Å²) in [5.41, 5.74) is 1.25. The number of ether oxygens (including phenoxy) is 1. The van der Waals surface area contributed by atoms with Crippen LogP contribution in [0.15, 0.2) is 47.7 Å². The van der Waals surface area contributed by atoms with E-state index in [1.54, 1.807) is 0 Å². The highest BCUT2D eigenvalue weighted by Crippen LogP contribution is 2.06. The second-order valence-corrected chi connectivity index (χ2v) is 6.87. The van der Waals surface area contributed by atoms with Crippen molar-refractivity contribution < 1.29 is 4.74 Å². The molecule has 6 nitrogen and oxygen atoms in total. The lowest BCUT2D eigenvalue weighted by atomic mass is 10.1. The molecular formula is C21H34IN5O. The number of imidazole rings is 1. The SMILES string of the molecule is CCNC(=NCc1nccn1Cc1ccccc1)NCCOCCC(C)C.I. The quantitative estimate of drug-likeness (QED) is 0.214. The molecular weight excluding hydrogens is 465 g/mol. The molecule has 0 unspecified atom stereocenters. The molecule has 0 aliphatic carbocycles. The Bertz CT molecular complexity index is 672. The third kappa shape index (κ3) is 9.54. The minimum Gasteiger partial charge on any atom is -0.380 e. The van der Waals surface area contributed by atoms with Gasteiger partial charge < -0.3 is 19.9 Å². The van der Waals surface area contributed by atoms with Crippen LogP contribution >= 0.6 is 24.0 Å². The standard InChI is InChI=1S/C21H33N5O.HI/c1-4-22-21(24-12-15-27-14-10-18(2)3)25-16-20-23-11-13-26(20)17-19-8-6-5-7-9-19;/h5-9,11,13,18H,4,10,12,14-17H2,1-3H3,(H2,22,24,25);1H. The molecule has 2 N–H and O–H groups in total. The van der Waals surface area contributed by atoms with E-state index in [9.17, 15) is 0 Å². The number of nitrogens with one attached hydrogen (secondary N) is 2. The van der Waals surface area contributed by atoms with Crippen molar-refractivity contribution in [1.29, 1.82) is 0 Å². The molecule has 0 radical (unpaired) electrons. The van der Waals surface area contributed by atoms with E-state index in [0.29, 0.717) is 19.1 Å². The number of halogens is 1. The Kier molecular flexibility index (Phi) is 12.6. The van der Waals surface area contributed by atoms with Crippen molar-refractivity contribution in [3.8, 4) is 0 Å². The fourth-order valence-electron chi connectivity index (χ4n) is 2.57. The molecule has 1 heterocycles. The lowest BCUT2D eigenvalue weighted by molar-refractivity contribution is 0.128. The summed E-state index contributed by atoms with van der Waals surface area (Å²) in [6.07, 6.45) is 4.93. The summed E-state index contributed by atoms with van der Waals surface area (Å²) in [5.74, 6) is 2.42. The Morgan fingerprint density at radius 3 is 2.68 bits per heavy atom. The Morgan fingerprint density at radius 1 is 1.18 bits per heavy atom. The molecule has 1 aromatic carbocycles. The van der Waals surface area contributed by atoms with E-state index < -0.39 is 0 Å². The Balaban J connectivity index is 0.00000392. The summed E-state index contributed by atoms with van der Waals surface area (Å²) in [6, 6.07) is 10.4. The normalized spacial score (nSPS) is 11.4. The van der Waals surface area contributed by atoms with Gasteiger partial charge in [0.05, 0.1) is 6.61 Å². The van der Waals surface area contributed by atoms with Crippen LogP contribution in [0.25, 0.3) is 0 Å². The smallest absolute Gasteiger partial charge is 0.191 e. The largest absolute Gasteiger partial charge is 0.380 e. The highest BCUT2D eigenvalue weighted by molar-refractivity contribution is 14.0. The molecule has 0 spiro atoms. The van der Waals surface area contributed by atoms with Crippen LogP contribution in [0.2, 0.25) is 0 Å². The zero-order valence-electron chi connectivity index (χ0n) is 17.2. The minimum atomic E-state index is 0. The molecule has 0 saturated carbocycles. The van der Waals surface area contributed by atoms with Gasteiger partial charge in [-0.3, -0.25) is 0 Å². The van der Waals surface area contributed by atoms with Gasteiger partial charge in [-0.1, -0.05) is 44.2 Å². The predicted molar refractivity (Wildman–Crippen MR) is 126 cm³/mol. The zero-order valence-corrected chi connectivity index (χ0v) is 19.6. The Labute approximate surface area is 186 Å². The molecule has 0 aliphatic rings. The van der Waals surface area contributed by atoms with Crippen molar-refractivity contribution in [3.63, 3.8) is 0 Å². The molecule has 1 aromatic heterocycles. The number of nitrogens with zero attached hydrogens (tertiary/aromatic N) is 3. The van der Waals surface area contributed by atoms with Crippen LogP contribution in [0.4, 0.5) is 0 Å². The number of aliphatic imine (C=N–C) groups is 1. The number of guanidine groups is 1. The van der Waals surface area contributed by atoms with Crippen molar-refractivity contribution in [2.24, 2.45) is 10.9 Å². The van der Waals surface area contributed by atoms with Crippen LogP contribution < -0.4 is 10.6 Å². The van der Waals surface area contributed by atoms with Crippen LogP contribution in [-0.2, 0) is 17.8 Å². The topological polar surface area (TPSA) is 63.5 Å². The van der Waals surface area contributed by atoms with Crippen molar-refractivity contribution in [1.82, 2.24) is 20.2 Å². The van der Waals surface area contributed by atoms with Gasteiger partial charge in [-0.25, -0.2) is 9.98 Å². The average Bonchev–Trinajstić information content (AvgIpc) is 3.10. The van der Waals surface area contributed by atoms with Gasteiger partial charge in [-0.2, -0.15) is 0 Å². The summed E-state index contributed by atoms with van der Waals surface area (Å²) < 4.78 is 7.78. The summed E-state index contributed by atoms with van der Waals surface area (Å²) >= 11 is 0. The third-order valence-electron chi connectivity index (χ3n) is 4.10. The van der Waals surface area contributed by atoms with E-state index in [1.807, 2.05) is 18.5 Å². The molecule has 2 aromatic rings. The van der Waals surface area contributed by atoms with Gasteiger partial charge in [-0.05, 0) is 24.8 Å². The maximum absolute atomic E-state index is 5.65. The monoisotopic (exact) mass is 499 g/mol. The van der Waals surface area contributed by atoms with Gasteiger partial charge in [0.1, 0.15) is 12.4 Å². The highest BCUT2D eigenvalue weighted by Gasteiger charge is 2.04. The number of aromatic nitrogens is 2. The molecule has 0 atom stereocenters. The van der Waals surface area contributed by atoms with Gasteiger partial charge >= 0.3 is 0 Å². The first kappa shape index (κ1) is 24.4. The van der Waals surface area contributed by atoms with E-state index in [-0.39, 0.29) is 24.0 Å². The molecule has 7 heteroatoms. The fourth-order valence-corrected chi connectivity index (χ4v) is 2.57. The first-order valence-electron chi connectivity index (χ1n) is 9.83. The molecule has 0 aliphatic heterocycles. The zero-order chi connectivity index (χ0) is 19.3. The Hall–Kier alpha value is -1.61. The summed E-state index contributed by atoms with van der Waals surface area (Å²) in [5, 5.41) is 6.59. The predicted octanol–water partition coefficient (Wildman–Crippen LogP) is 3.67. The van der Waals surface area contributed by atoms with Crippen LogP contribution in [-0.4, -0.2) is 41.8 Å². The van der Waals surface area contributed by atoms with Gasteiger partial charge in [-0.15, -0.1) is 24.0 Å². The van der Waals surface area contributed by atoms with Crippen LogP contribution in [0.5, 0.6) is 0 Å².